The van der Waals surface area contributed by atoms with Crippen LogP contribution in [-0.4, -0.2) is 30.2 Å². The minimum absolute atomic E-state index is 0.726. The SMILES string of the molecule is C[C@H]1CCN[C@@H]2CCCN12. The van der Waals surface area contributed by atoms with Crippen LogP contribution in [0.1, 0.15) is 26.2 Å². The van der Waals surface area contributed by atoms with E-state index in [4.69, 9.17) is 0 Å². The summed E-state index contributed by atoms with van der Waals surface area (Å²) in [5, 5.41) is 3.54. The normalized spacial score (nSPS) is 41.7. The lowest BCUT2D eigenvalue weighted by atomic mass is 10.1. The van der Waals surface area contributed by atoms with E-state index in [9.17, 15) is 0 Å². The summed E-state index contributed by atoms with van der Waals surface area (Å²) >= 11 is 0. The van der Waals surface area contributed by atoms with Gasteiger partial charge in [-0.15, -0.1) is 0 Å². The van der Waals surface area contributed by atoms with Gasteiger partial charge in [-0.2, -0.15) is 0 Å². The summed E-state index contributed by atoms with van der Waals surface area (Å²) in [7, 11) is 0. The molecule has 10 heavy (non-hydrogen) atoms. The fraction of sp³-hybridized carbons (Fsp3) is 1.00. The fourth-order valence-electron chi connectivity index (χ4n) is 2.16. The van der Waals surface area contributed by atoms with Crippen molar-refractivity contribution in [2.75, 3.05) is 13.1 Å². The Hall–Kier alpha value is -0.0800. The third-order valence-corrected chi connectivity index (χ3v) is 2.80. The lowest BCUT2D eigenvalue weighted by molar-refractivity contribution is 0.121. The first-order valence-electron chi connectivity index (χ1n) is 4.37. The first-order valence-corrected chi connectivity index (χ1v) is 4.37. The van der Waals surface area contributed by atoms with Crippen LogP contribution in [-0.2, 0) is 0 Å². The van der Waals surface area contributed by atoms with Crippen molar-refractivity contribution in [2.24, 2.45) is 0 Å². The van der Waals surface area contributed by atoms with Gasteiger partial charge in [0.25, 0.3) is 0 Å². The average Bonchev–Trinajstić information content (AvgIpc) is 2.36. The maximum absolute atomic E-state index is 3.54. The lowest BCUT2D eigenvalue weighted by Crippen LogP contribution is -2.51. The van der Waals surface area contributed by atoms with E-state index < -0.39 is 0 Å². The summed E-state index contributed by atoms with van der Waals surface area (Å²) in [6, 6.07) is 0.828. The Morgan fingerprint density at radius 2 is 2.30 bits per heavy atom. The van der Waals surface area contributed by atoms with Crippen LogP contribution in [0.2, 0.25) is 0 Å². The number of rotatable bonds is 0. The van der Waals surface area contributed by atoms with E-state index in [1.54, 1.807) is 0 Å². The van der Waals surface area contributed by atoms with Crippen LogP contribution in [0.3, 0.4) is 0 Å². The molecule has 0 radical (unpaired) electrons. The van der Waals surface area contributed by atoms with Crippen LogP contribution < -0.4 is 5.32 Å². The highest BCUT2D eigenvalue weighted by atomic mass is 15.3. The third kappa shape index (κ3) is 0.956. The first-order chi connectivity index (χ1) is 4.88. The quantitative estimate of drug-likeness (QED) is 0.535. The minimum Gasteiger partial charge on any atom is -0.302 e. The first kappa shape index (κ1) is 6.62. The van der Waals surface area contributed by atoms with Crippen LogP contribution in [0, 0.1) is 0 Å². The van der Waals surface area contributed by atoms with Crippen LogP contribution in [0.25, 0.3) is 0 Å². The second-order valence-electron chi connectivity index (χ2n) is 3.49. The van der Waals surface area contributed by atoms with Gasteiger partial charge in [-0.25, -0.2) is 0 Å². The van der Waals surface area contributed by atoms with Crippen molar-refractivity contribution in [3.8, 4) is 0 Å². The monoisotopic (exact) mass is 140 g/mol. The van der Waals surface area contributed by atoms with E-state index in [2.05, 4.69) is 17.1 Å². The molecule has 2 fully saturated rings. The van der Waals surface area contributed by atoms with Crippen molar-refractivity contribution in [3.05, 3.63) is 0 Å². The highest BCUT2D eigenvalue weighted by Gasteiger charge is 2.30. The number of hydrogen-bond acceptors (Lipinski definition) is 2. The topological polar surface area (TPSA) is 15.3 Å². The molecule has 0 aliphatic carbocycles. The molecule has 2 aliphatic rings. The van der Waals surface area contributed by atoms with Crippen molar-refractivity contribution >= 4 is 0 Å². The summed E-state index contributed by atoms with van der Waals surface area (Å²) in [6.07, 6.45) is 4.81. The number of fused-ring (bicyclic) bond motifs is 1. The van der Waals surface area contributed by atoms with Gasteiger partial charge in [0.15, 0.2) is 0 Å². The number of nitrogens with zero attached hydrogens (tertiary/aromatic N) is 1. The van der Waals surface area contributed by atoms with Crippen LogP contribution >= 0.6 is 0 Å². The molecular formula is C8H16N2. The Balaban J connectivity index is 2.03. The molecule has 0 bridgehead atoms. The van der Waals surface area contributed by atoms with Crippen LogP contribution in [0.15, 0.2) is 0 Å². The van der Waals surface area contributed by atoms with Gasteiger partial charge >= 0.3 is 0 Å². The molecule has 1 N–H and O–H groups in total. The van der Waals surface area contributed by atoms with Gasteiger partial charge in [0.1, 0.15) is 0 Å². The molecule has 2 saturated heterocycles. The second kappa shape index (κ2) is 2.51. The van der Waals surface area contributed by atoms with E-state index in [0.717, 1.165) is 12.2 Å². The second-order valence-corrected chi connectivity index (χ2v) is 3.49. The van der Waals surface area contributed by atoms with Crippen molar-refractivity contribution in [1.29, 1.82) is 0 Å². The van der Waals surface area contributed by atoms with E-state index in [0.29, 0.717) is 0 Å². The maximum Gasteiger partial charge on any atom is 0.0599 e. The van der Waals surface area contributed by atoms with E-state index in [-0.39, 0.29) is 0 Å². The van der Waals surface area contributed by atoms with Crippen molar-refractivity contribution < 1.29 is 0 Å². The van der Waals surface area contributed by atoms with E-state index in [1.807, 2.05) is 0 Å². The molecule has 2 aliphatic heterocycles. The fourth-order valence-corrected chi connectivity index (χ4v) is 2.16. The Kier molecular flexibility index (Phi) is 1.66. The van der Waals surface area contributed by atoms with Crippen LogP contribution in [0.4, 0.5) is 0 Å². The van der Waals surface area contributed by atoms with E-state index in [1.165, 1.54) is 32.4 Å². The summed E-state index contributed by atoms with van der Waals surface area (Å²) in [5.41, 5.74) is 0. The molecule has 0 spiro atoms. The molecule has 2 heteroatoms. The molecule has 0 amide bonds. The van der Waals surface area contributed by atoms with Gasteiger partial charge in [0, 0.05) is 12.6 Å². The predicted molar refractivity (Wildman–Crippen MR) is 41.8 cm³/mol. The summed E-state index contributed by atoms with van der Waals surface area (Å²) in [6.45, 7) is 4.89. The Morgan fingerprint density at radius 1 is 1.40 bits per heavy atom. The molecule has 0 saturated carbocycles. The lowest BCUT2D eigenvalue weighted by Gasteiger charge is -2.36. The number of nitrogens with one attached hydrogen (secondary N) is 1. The summed E-state index contributed by atoms with van der Waals surface area (Å²) in [4.78, 5) is 2.60. The molecule has 0 aromatic carbocycles. The van der Waals surface area contributed by atoms with Crippen molar-refractivity contribution in [3.63, 3.8) is 0 Å². The molecule has 2 nitrogen and oxygen atoms in total. The zero-order chi connectivity index (χ0) is 6.97. The highest BCUT2D eigenvalue weighted by molar-refractivity contribution is 4.85. The zero-order valence-corrected chi connectivity index (χ0v) is 6.64. The molecule has 58 valence electrons. The molecule has 0 aromatic heterocycles. The third-order valence-electron chi connectivity index (χ3n) is 2.80. The van der Waals surface area contributed by atoms with Crippen LogP contribution in [0.5, 0.6) is 0 Å². The van der Waals surface area contributed by atoms with Gasteiger partial charge in [-0.05, 0) is 32.7 Å². The zero-order valence-electron chi connectivity index (χ0n) is 6.64. The van der Waals surface area contributed by atoms with Crippen molar-refractivity contribution in [2.45, 2.75) is 38.4 Å². The molecule has 2 atom stereocenters. The predicted octanol–water partition coefficient (Wildman–Crippen LogP) is 0.790. The number of hydrogen-bond donors (Lipinski definition) is 1. The van der Waals surface area contributed by atoms with Gasteiger partial charge in [-0.3, -0.25) is 4.90 Å². The highest BCUT2D eigenvalue weighted by Crippen LogP contribution is 2.22. The summed E-state index contributed by atoms with van der Waals surface area (Å²) in [5.74, 6) is 0. The molecule has 2 rings (SSSR count). The Labute approximate surface area is 62.6 Å². The molecule has 2 heterocycles. The smallest absolute Gasteiger partial charge is 0.0599 e. The van der Waals surface area contributed by atoms with E-state index >= 15 is 0 Å². The average molecular weight is 140 g/mol. The largest absolute Gasteiger partial charge is 0.302 e. The van der Waals surface area contributed by atoms with Gasteiger partial charge in [-0.1, -0.05) is 0 Å². The minimum atomic E-state index is 0.726. The Bertz CT molecular complexity index is 124. The maximum atomic E-state index is 3.54. The van der Waals surface area contributed by atoms with Gasteiger partial charge < -0.3 is 5.32 Å². The standard InChI is InChI=1S/C8H16N2/c1-7-4-5-9-8-3-2-6-10(7)8/h7-9H,2-6H2,1H3/t7-,8-/m0/s1. The van der Waals surface area contributed by atoms with Gasteiger partial charge in [0.05, 0.1) is 6.17 Å². The Morgan fingerprint density at radius 3 is 3.10 bits per heavy atom. The molecule has 0 unspecified atom stereocenters. The van der Waals surface area contributed by atoms with Crippen molar-refractivity contribution in [1.82, 2.24) is 10.2 Å². The molecule has 0 aromatic rings. The molecular weight excluding hydrogens is 124 g/mol. The van der Waals surface area contributed by atoms with Gasteiger partial charge in [0.2, 0.25) is 0 Å². The summed E-state index contributed by atoms with van der Waals surface area (Å²) < 4.78 is 0.